The summed E-state index contributed by atoms with van der Waals surface area (Å²) < 4.78 is 23.0. The van der Waals surface area contributed by atoms with Gasteiger partial charge in [-0.15, -0.1) is 5.10 Å². The van der Waals surface area contributed by atoms with Crippen molar-refractivity contribution >= 4 is 11.4 Å². The van der Waals surface area contributed by atoms with Crippen LogP contribution in [0, 0.1) is 36.0 Å². The molecule has 5 rings (SSSR count). The van der Waals surface area contributed by atoms with Crippen LogP contribution in [0.2, 0.25) is 0 Å². The van der Waals surface area contributed by atoms with Crippen LogP contribution in [-0.4, -0.2) is 65.2 Å². The van der Waals surface area contributed by atoms with Gasteiger partial charge in [0.15, 0.2) is 12.3 Å². The predicted molar refractivity (Wildman–Crippen MR) is 135 cm³/mol. The van der Waals surface area contributed by atoms with E-state index in [9.17, 15) is 14.3 Å². The first-order valence-electron chi connectivity index (χ1n) is 12.2. The number of likely N-dealkylation sites (tertiary alicyclic amines) is 1. The first kappa shape index (κ1) is 25.6. The lowest BCUT2D eigenvalue weighted by Gasteiger charge is -2.28. The van der Waals surface area contributed by atoms with Crippen LogP contribution >= 0.6 is 0 Å². The van der Waals surface area contributed by atoms with Gasteiger partial charge in [0.1, 0.15) is 22.8 Å². The van der Waals surface area contributed by atoms with E-state index in [0.29, 0.717) is 41.1 Å². The van der Waals surface area contributed by atoms with Crippen LogP contribution in [0.15, 0.2) is 36.8 Å². The molecule has 0 spiro atoms. The molecule has 4 aromatic heterocycles. The van der Waals surface area contributed by atoms with E-state index in [1.165, 1.54) is 22.8 Å². The quantitative estimate of drug-likeness (QED) is 0.279. The van der Waals surface area contributed by atoms with Gasteiger partial charge in [-0.3, -0.25) is 9.78 Å². The smallest absolute Gasteiger partial charge is 0.293 e. The second kappa shape index (κ2) is 10.8. The standard InChI is InChI=1S/C26H24FN9O3/c1-16-25(32-33-36(16)20-6-8-34(15-28)9-7-20)18-10-22(39-23(14-37)21-4-3-19(27)12-30-21)26-17(2-5-24(29)38)11-31-35(26)13-18/h3-4,10-13,20,23,37H,6-9,14H2,1H3,(H2,29,38)/t23-/m1/s1. The highest BCUT2D eigenvalue weighted by Gasteiger charge is 2.25. The third-order valence-electron chi connectivity index (χ3n) is 6.57. The number of aliphatic hydroxyl groups excluding tert-OH is 1. The molecule has 1 amide bonds. The zero-order valence-electron chi connectivity index (χ0n) is 21.0. The predicted octanol–water partition coefficient (Wildman–Crippen LogP) is 1.50. The molecule has 1 aliphatic heterocycles. The summed E-state index contributed by atoms with van der Waals surface area (Å²) in [6.45, 7) is 2.79. The molecule has 0 unspecified atom stereocenters. The van der Waals surface area contributed by atoms with Gasteiger partial charge in [0.05, 0.1) is 42.0 Å². The molecule has 1 aliphatic rings. The average molecular weight is 530 g/mol. The molecule has 5 heterocycles. The number of nitrogens with zero attached hydrogens (tertiary/aromatic N) is 8. The number of piperidine rings is 1. The molecule has 39 heavy (non-hydrogen) atoms. The number of primary amides is 1. The number of rotatable bonds is 6. The highest BCUT2D eigenvalue weighted by molar-refractivity contribution is 5.93. The highest BCUT2D eigenvalue weighted by atomic mass is 19.1. The number of hydrogen-bond acceptors (Lipinski definition) is 9. The molecule has 0 saturated carbocycles. The van der Waals surface area contributed by atoms with Gasteiger partial charge >= 0.3 is 0 Å². The number of aromatic nitrogens is 6. The molecule has 4 aromatic rings. The van der Waals surface area contributed by atoms with Crippen LogP contribution in [0.1, 0.15) is 41.9 Å². The molecule has 198 valence electrons. The fourth-order valence-electron chi connectivity index (χ4n) is 4.61. The van der Waals surface area contributed by atoms with Crippen molar-refractivity contribution in [3.8, 4) is 35.0 Å². The number of carbonyl (C=O) groups excluding carboxylic acids is 1. The Balaban J connectivity index is 1.57. The van der Waals surface area contributed by atoms with E-state index in [1.54, 1.807) is 17.2 Å². The molecule has 1 fully saturated rings. The van der Waals surface area contributed by atoms with Crippen LogP contribution in [0.25, 0.3) is 16.8 Å². The number of carbonyl (C=O) groups is 1. The summed E-state index contributed by atoms with van der Waals surface area (Å²) in [5.41, 5.74) is 8.39. The monoisotopic (exact) mass is 529 g/mol. The maximum absolute atomic E-state index is 13.4. The molecule has 0 aliphatic carbocycles. The van der Waals surface area contributed by atoms with Crippen molar-refractivity contribution in [2.24, 2.45) is 5.73 Å². The van der Waals surface area contributed by atoms with E-state index in [4.69, 9.17) is 15.7 Å². The Hall–Kier alpha value is -5.01. The molecule has 13 heteroatoms. The van der Waals surface area contributed by atoms with Crippen molar-refractivity contribution in [1.29, 1.82) is 5.26 Å². The lowest BCUT2D eigenvalue weighted by atomic mass is 10.0. The fraction of sp³-hybridized carbons (Fsp3) is 0.308. The minimum absolute atomic E-state index is 0.110. The third-order valence-corrected chi connectivity index (χ3v) is 6.57. The van der Waals surface area contributed by atoms with Gasteiger partial charge in [0.2, 0.25) is 0 Å². The van der Waals surface area contributed by atoms with Crippen molar-refractivity contribution in [2.75, 3.05) is 19.7 Å². The summed E-state index contributed by atoms with van der Waals surface area (Å²) >= 11 is 0. The number of amides is 1. The summed E-state index contributed by atoms with van der Waals surface area (Å²) in [5.74, 6) is 3.96. The Morgan fingerprint density at radius 2 is 2.13 bits per heavy atom. The maximum Gasteiger partial charge on any atom is 0.293 e. The van der Waals surface area contributed by atoms with Gasteiger partial charge in [-0.05, 0) is 38.0 Å². The molecular formula is C26H24FN9O3. The van der Waals surface area contributed by atoms with E-state index >= 15 is 0 Å². The molecule has 1 atom stereocenters. The summed E-state index contributed by atoms with van der Waals surface area (Å²) in [4.78, 5) is 17.0. The molecular weight excluding hydrogens is 505 g/mol. The van der Waals surface area contributed by atoms with Crippen molar-refractivity contribution in [3.05, 3.63) is 59.6 Å². The normalized spacial score (nSPS) is 14.5. The Morgan fingerprint density at radius 1 is 1.33 bits per heavy atom. The first-order valence-corrected chi connectivity index (χ1v) is 12.2. The summed E-state index contributed by atoms with van der Waals surface area (Å²) in [5, 5.41) is 32.4. The van der Waals surface area contributed by atoms with Gasteiger partial charge in [-0.25, -0.2) is 13.6 Å². The number of halogens is 1. The summed E-state index contributed by atoms with van der Waals surface area (Å²) in [6, 6.07) is 4.48. The SMILES string of the molecule is Cc1c(-c2cc(O[C@H](CO)c3ccc(F)cn3)c3c(C#CC(N)=O)cnn3c2)nnn1C1CCN(C#N)CC1. The molecule has 0 radical (unpaired) electrons. The topological polar surface area (TPSA) is 160 Å². The fourth-order valence-corrected chi connectivity index (χ4v) is 4.61. The number of hydrogen-bond donors (Lipinski definition) is 2. The zero-order chi connectivity index (χ0) is 27.5. The summed E-state index contributed by atoms with van der Waals surface area (Å²) in [7, 11) is 0. The molecule has 1 saturated heterocycles. The van der Waals surface area contributed by atoms with Gasteiger partial charge in [0, 0.05) is 30.8 Å². The number of aliphatic hydroxyl groups is 1. The van der Waals surface area contributed by atoms with Crippen molar-refractivity contribution in [1.82, 2.24) is 34.5 Å². The molecule has 3 N–H and O–H groups in total. The highest BCUT2D eigenvalue weighted by Crippen LogP contribution is 2.34. The second-order valence-electron chi connectivity index (χ2n) is 9.04. The van der Waals surface area contributed by atoms with Crippen LogP contribution in [0.4, 0.5) is 4.39 Å². The van der Waals surface area contributed by atoms with Gasteiger partial charge in [0.25, 0.3) is 5.91 Å². The minimum atomic E-state index is -0.932. The number of nitrogens with two attached hydrogens (primary N) is 1. The Bertz CT molecular complexity index is 1620. The van der Waals surface area contributed by atoms with Gasteiger partial charge in [-0.2, -0.15) is 10.4 Å². The zero-order valence-corrected chi connectivity index (χ0v) is 21.0. The number of nitriles is 1. The molecule has 0 aromatic carbocycles. The summed E-state index contributed by atoms with van der Waals surface area (Å²) in [6.07, 6.45) is 7.05. The van der Waals surface area contributed by atoms with E-state index < -0.39 is 24.4 Å². The molecule has 0 bridgehead atoms. The van der Waals surface area contributed by atoms with E-state index in [0.717, 1.165) is 24.7 Å². The van der Waals surface area contributed by atoms with Crippen molar-refractivity contribution in [3.63, 3.8) is 0 Å². The number of pyridine rings is 2. The lowest BCUT2D eigenvalue weighted by Crippen LogP contribution is -2.31. The Morgan fingerprint density at radius 3 is 2.79 bits per heavy atom. The number of ether oxygens (including phenoxy) is 1. The lowest BCUT2D eigenvalue weighted by molar-refractivity contribution is -0.112. The van der Waals surface area contributed by atoms with Crippen molar-refractivity contribution in [2.45, 2.75) is 31.9 Å². The van der Waals surface area contributed by atoms with E-state index in [2.05, 4.69) is 38.4 Å². The van der Waals surface area contributed by atoms with Crippen LogP contribution in [0.3, 0.4) is 0 Å². The van der Waals surface area contributed by atoms with Gasteiger partial charge in [-0.1, -0.05) is 11.1 Å². The maximum atomic E-state index is 13.4. The van der Waals surface area contributed by atoms with Gasteiger partial charge < -0.3 is 20.5 Å². The van der Waals surface area contributed by atoms with Crippen LogP contribution in [0.5, 0.6) is 5.75 Å². The van der Waals surface area contributed by atoms with Crippen LogP contribution in [-0.2, 0) is 4.79 Å². The van der Waals surface area contributed by atoms with Crippen molar-refractivity contribution < 1.29 is 19.0 Å². The Labute approximate surface area is 222 Å². The minimum Gasteiger partial charge on any atom is -0.479 e. The Kier molecular flexibility index (Phi) is 7.08. The van der Waals surface area contributed by atoms with E-state index in [1.807, 2.05) is 11.6 Å². The largest absolute Gasteiger partial charge is 0.479 e. The first-order chi connectivity index (χ1) is 18.9. The second-order valence-corrected chi connectivity index (χ2v) is 9.04. The van der Waals surface area contributed by atoms with Crippen LogP contribution < -0.4 is 10.5 Å². The van der Waals surface area contributed by atoms with E-state index in [-0.39, 0.29) is 11.8 Å². The average Bonchev–Trinajstić information content (AvgIpc) is 3.54. The molecule has 12 nitrogen and oxygen atoms in total. The third kappa shape index (κ3) is 5.21. The number of fused-ring (bicyclic) bond motifs is 1.